The molecule has 19 nitrogen and oxygen atoms in total. The first-order valence-electron chi connectivity index (χ1n) is 25.9. The van der Waals surface area contributed by atoms with Crippen LogP contribution in [0.5, 0.6) is 5.75 Å². The largest absolute Gasteiger partial charge is 0.491 e. The molecule has 7 aromatic rings. The summed E-state index contributed by atoms with van der Waals surface area (Å²) in [7, 11) is 1.22. The van der Waals surface area contributed by atoms with Gasteiger partial charge in [0, 0.05) is 44.1 Å². The number of esters is 2. The summed E-state index contributed by atoms with van der Waals surface area (Å²) in [4.78, 5) is 93.4. The van der Waals surface area contributed by atoms with E-state index in [4.69, 9.17) is 14.2 Å². The first kappa shape index (κ1) is 51.1. The van der Waals surface area contributed by atoms with Gasteiger partial charge in [-0.2, -0.15) is 0 Å². The molecule has 3 fully saturated rings. The molecule has 0 radical (unpaired) electrons. The first-order chi connectivity index (χ1) is 38.0. The maximum absolute atomic E-state index is 17.0. The number of carbonyl (C=O) groups excluding carboxylic acids is 5. The number of rotatable bonds is 12. The van der Waals surface area contributed by atoms with Crippen molar-refractivity contribution in [3.05, 3.63) is 174 Å². The summed E-state index contributed by atoms with van der Waals surface area (Å²) in [6.07, 6.45) is 2.34. The Morgan fingerprint density at radius 1 is 0.821 bits per heavy atom. The molecule has 4 aliphatic rings. The molecule has 0 saturated carbocycles. The maximum Gasteiger partial charge on any atom is 0.329 e. The number of fused-ring (bicyclic) bond motifs is 4. The van der Waals surface area contributed by atoms with Crippen molar-refractivity contribution < 1.29 is 43.3 Å². The van der Waals surface area contributed by atoms with Crippen LogP contribution in [0.25, 0.3) is 11.0 Å². The van der Waals surface area contributed by atoms with E-state index in [0.29, 0.717) is 47.0 Å². The molecule has 3 saturated heterocycles. The summed E-state index contributed by atoms with van der Waals surface area (Å²) in [5, 5.41) is 21.1. The number of morpholine rings is 1. The van der Waals surface area contributed by atoms with Crippen LogP contribution in [0, 0.1) is 23.7 Å². The number of aliphatic hydroxyl groups excluding tert-OH is 1. The molecule has 396 valence electrons. The van der Waals surface area contributed by atoms with Crippen molar-refractivity contribution in [2.45, 2.75) is 56.1 Å². The van der Waals surface area contributed by atoms with E-state index < -0.39 is 77.3 Å². The first-order valence-corrected chi connectivity index (χ1v) is 25.9. The van der Waals surface area contributed by atoms with Crippen LogP contribution in [0.2, 0.25) is 0 Å². The second-order valence-electron chi connectivity index (χ2n) is 19.9. The molecule has 0 bridgehead atoms. The molecule has 2 aromatic heterocycles. The van der Waals surface area contributed by atoms with Gasteiger partial charge in [0.15, 0.2) is 0 Å². The summed E-state index contributed by atoms with van der Waals surface area (Å²) in [6.45, 7) is 4.42. The number of amides is 4. The van der Waals surface area contributed by atoms with Crippen LogP contribution in [0.3, 0.4) is 0 Å². The molecular formula is C59H56N10O9. The monoisotopic (exact) mass is 1050 g/mol. The lowest BCUT2D eigenvalue weighted by molar-refractivity contribution is -0.179. The van der Waals surface area contributed by atoms with Crippen LogP contribution in [0.1, 0.15) is 59.9 Å². The molecule has 0 unspecified atom stereocenters. The van der Waals surface area contributed by atoms with Gasteiger partial charge in [-0.1, -0.05) is 116 Å². The molecule has 0 aliphatic carbocycles. The fraction of sp³-hybridized carbons (Fsp3) is 0.305. The van der Waals surface area contributed by atoms with Crippen molar-refractivity contribution >= 4 is 52.5 Å². The smallest absolute Gasteiger partial charge is 0.329 e. The van der Waals surface area contributed by atoms with Crippen molar-refractivity contribution in [2.24, 2.45) is 11.8 Å². The number of urea groups is 1. The van der Waals surface area contributed by atoms with Crippen molar-refractivity contribution in [2.75, 3.05) is 56.3 Å². The highest BCUT2D eigenvalue weighted by molar-refractivity contribution is 6.25. The summed E-state index contributed by atoms with van der Waals surface area (Å²) in [5.41, 5.74) is 2.09. The molecule has 2 N–H and O–H groups in total. The molecule has 78 heavy (non-hydrogen) atoms. The number of ether oxygens (including phenoxy) is 3. The Balaban J connectivity index is 1.16. The number of methoxy groups -OCH3 is 1. The summed E-state index contributed by atoms with van der Waals surface area (Å²) in [6, 6.07) is 34.5. The van der Waals surface area contributed by atoms with Crippen LogP contribution >= 0.6 is 0 Å². The summed E-state index contributed by atoms with van der Waals surface area (Å²) in [5.74, 6) is 2.58. The lowest BCUT2D eigenvalue weighted by Crippen LogP contribution is -2.60. The third-order valence-electron chi connectivity index (χ3n) is 15.2. The standard InChI is InChI=1S/C59H56N10O9/c1-37(2)48(54(72)76-3)62-58(75)68-45-26-21-38(14-12-29-67-46-20-11-10-19-44(46)63-64-67)36-43(45)59(56(68)74)47(53(71)65-30-32-66(33-31-65)57-60-27-13-28-61-57)50-55(73)78-51(40-17-8-5-9-18-40)49(39-15-6-4-7-16-39)69(50)52(59)41-22-24-42(25-23-41)77-35-34-70/h4-11,13,15-28,36-37,47-52,70H,29-35H2,1-3H3,(H,62,75)/t47-,48+,49-,50-,51+,52+,59-/m1/s1. The highest BCUT2D eigenvalue weighted by Gasteiger charge is 2.76. The fourth-order valence-electron chi connectivity index (χ4n) is 11.7. The number of aromatic nitrogens is 5. The van der Waals surface area contributed by atoms with Gasteiger partial charge in [0.05, 0.1) is 42.9 Å². The van der Waals surface area contributed by atoms with Crippen molar-refractivity contribution in [1.29, 1.82) is 0 Å². The molecular weight excluding hydrogens is 993 g/mol. The normalized spacial score (nSPS) is 22.1. The van der Waals surface area contributed by atoms with E-state index >= 15 is 19.2 Å². The zero-order valence-electron chi connectivity index (χ0n) is 43.1. The van der Waals surface area contributed by atoms with Gasteiger partial charge in [-0.05, 0) is 76.7 Å². The molecule has 5 aromatic carbocycles. The van der Waals surface area contributed by atoms with Crippen LogP contribution in [0.4, 0.5) is 16.4 Å². The lowest BCUT2D eigenvalue weighted by Gasteiger charge is -2.46. The number of carbonyl (C=O) groups is 5. The number of cyclic esters (lactones) is 1. The highest BCUT2D eigenvalue weighted by Crippen LogP contribution is 2.66. The van der Waals surface area contributed by atoms with Crippen LogP contribution in [-0.4, -0.2) is 128 Å². The lowest BCUT2D eigenvalue weighted by atomic mass is 9.64. The average molecular weight is 1050 g/mol. The van der Waals surface area contributed by atoms with Gasteiger partial charge in [-0.15, -0.1) is 5.10 Å². The second kappa shape index (κ2) is 21.6. The van der Waals surface area contributed by atoms with Gasteiger partial charge < -0.3 is 34.4 Å². The van der Waals surface area contributed by atoms with E-state index in [2.05, 4.69) is 37.4 Å². The second-order valence-corrected chi connectivity index (χ2v) is 19.9. The number of hydrogen-bond acceptors (Lipinski definition) is 15. The minimum atomic E-state index is -2.11. The Morgan fingerprint density at radius 3 is 2.21 bits per heavy atom. The zero-order valence-corrected chi connectivity index (χ0v) is 43.1. The Labute approximate surface area is 449 Å². The molecule has 4 amide bonds. The Morgan fingerprint density at radius 2 is 1.51 bits per heavy atom. The molecule has 4 aliphatic heterocycles. The summed E-state index contributed by atoms with van der Waals surface area (Å²) >= 11 is 0. The molecule has 19 heteroatoms. The van der Waals surface area contributed by atoms with E-state index in [1.54, 1.807) is 84.4 Å². The van der Waals surface area contributed by atoms with Gasteiger partial charge in [0.1, 0.15) is 48.0 Å². The van der Waals surface area contributed by atoms with Gasteiger partial charge in [-0.25, -0.2) is 29.1 Å². The quantitative estimate of drug-likeness (QED) is 0.113. The van der Waals surface area contributed by atoms with E-state index in [9.17, 15) is 9.90 Å². The number of nitrogens with one attached hydrogen (secondary N) is 1. The van der Waals surface area contributed by atoms with E-state index in [1.165, 1.54) is 7.11 Å². The average Bonchev–Trinajstić information content (AvgIpc) is 4.23. The number of nitrogens with zero attached hydrogens (tertiary/aromatic N) is 9. The van der Waals surface area contributed by atoms with Gasteiger partial charge in [-0.3, -0.25) is 19.3 Å². The molecule has 1 spiro atoms. The van der Waals surface area contributed by atoms with E-state index in [1.807, 2.05) is 94.7 Å². The molecule has 7 atom stereocenters. The summed E-state index contributed by atoms with van der Waals surface area (Å²) < 4.78 is 19.4. The number of para-hydroxylation sites is 1. The minimum absolute atomic E-state index is 0.0116. The van der Waals surface area contributed by atoms with Gasteiger partial charge in [0.2, 0.25) is 17.8 Å². The van der Waals surface area contributed by atoms with E-state index in [0.717, 1.165) is 16.0 Å². The minimum Gasteiger partial charge on any atom is -0.491 e. The number of piperazine rings is 1. The topological polar surface area (TPSA) is 215 Å². The SMILES string of the molecule is COC(=O)[C@@H](NC(=O)N1C(=O)[C@@]2(c3cc(C#CCn4nnc5ccccc54)ccc31)[C@H](c1ccc(OCCO)cc1)N1[C@H](c3ccccc3)[C@H](c3ccccc3)OC(=O)[C@H]1[C@@H]2C(=O)N1CCN(c2ncccn2)CC1)C(C)C. The maximum atomic E-state index is 17.0. The fourth-order valence-corrected chi connectivity index (χ4v) is 11.7. The predicted octanol–water partition coefficient (Wildman–Crippen LogP) is 5.57. The zero-order chi connectivity index (χ0) is 54.1. The third-order valence-corrected chi connectivity index (χ3v) is 15.2. The Kier molecular flexibility index (Phi) is 14.1. The van der Waals surface area contributed by atoms with Crippen molar-refractivity contribution in [1.82, 2.24) is 40.1 Å². The number of aliphatic hydroxyl groups is 1. The highest BCUT2D eigenvalue weighted by atomic mass is 16.6. The van der Waals surface area contributed by atoms with E-state index in [-0.39, 0.29) is 44.1 Å². The number of imide groups is 1. The van der Waals surface area contributed by atoms with Crippen LogP contribution in [-0.2, 0) is 40.6 Å². The van der Waals surface area contributed by atoms with Gasteiger partial charge in [0.25, 0.3) is 0 Å². The third kappa shape index (κ3) is 9.01. The Bertz CT molecular complexity index is 3440. The van der Waals surface area contributed by atoms with Crippen molar-refractivity contribution in [3.63, 3.8) is 0 Å². The number of hydrogen-bond donors (Lipinski definition) is 2. The predicted molar refractivity (Wildman–Crippen MR) is 285 cm³/mol. The number of anilines is 2. The van der Waals surface area contributed by atoms with Crippen LogP contribution < -0.4 is 19.9 Å². The molecule has 11 rings (SSSR count). The number of benzene rings is 5. The Hall–Kier alpha value is -8.99. The van der Waals surface area contributed by atoms with Crippen LogP contribution in [0.15, 0.2) is 146 Å². The van der Waals surface area contributed by atoms with Gasteiger partial charge >= 0.3 is 18.0 Å². The van der Waals surface area contributed by atoms with Crippen molar-refractivity contribution in [3.8, 4) is 17.6 Å². The molecule has 6 heterocycles.